The van der Waals surface area contributed by atoms with E-state index in [1.54, 1.807) is 13.2 Å². The molecule has 0 aliphatic carbocycles. The summed E-state index contributed by atoms with van der Waals surface area (Å²) in [5, 5.41) is 8.64. The van der Waals surface area contributed by atoms with Crippen LogP contribution in [0.15, 0.2) is 60.7 Å². The highest BCUT2D eigenvalue weighted by Gasteiger charge is 2.34. The second-order valence-corrected chi connectivity index (χ2v) is 8.68. The molecule has 2 rings (SSSR count). The van der Waals surface area contributed by atoms with Crippen LogP contribution >= 0.6 is 47.0 Å². The number of methoxy groups -OCH3 is 1. The van der Waals surface area contributed by atoms with Gasteiger partial charge in [0.1, 0.15) is 11.9 Å². The normalized spacial score (nSPS) is 12.3. The van der Waals surface area contributed by atoms with Crippen molar-refractivity contribution >= 4 is 64.1 Å². The summed E-state index contributed by atoms with van der Waals surface area (Å²) in [6.45, 7) is 0.449. The molecule has 0 radical (unpaired) electrons. The molecule has 0 heterocycles. The maximum Gasteiger partial charge on any atom is 0.245 e. The average molecular weight is 473 g/mol. The summed E-state index contributed by atoms with van der Waals surface area (Å²) in [7, 11) is 1.60. The number of carbonyl (C=O) groups excluding carboxylic acids is 1. The topological polar surface area (TPSA) is 62.4 Å². The van der Waals surface area contributed by atoms with Gasteiger partial charge < -0.3 is 20.7 Å². The number of ether oxygens (including phenoxy) is 1. The first-order valence-corrected chi connectivity index (χ1v) is 10.1. The van der Waals surface area contributed by atoms with E-state index in [4.69, 9.17) is 51.8 Å². The second kappa shape index (κ2) is 11.3. The lowest BCUT2D eigenvalue weighted by Gasteiger charge is -2.27. The number of amides is 1. The first-order chi connectivity index (χ1) is 13.8. The van der Waals surface area contributed by atoms with Crippen molar-refractivity contribution in [2.24, 2.45) is 0 Å². The second-order valence-electron chi connectivity index (χ2n) is 5.90. The third kappa shape index (κ3) is 8.50. The van der Waals surface area contributed by atoms with Gasteiger partial charge in [0, 0.05) is 12.6 Å². The van der Waals surface area contributed by atoms with Crippen LogP contribution in [0.4, 0.5) is 0 Å². The molecule has 0 aliphatic heterocycles. The molecule has 3 N–H and O–H groups in total. The van der Waals surface area contributed by atoms with Crippen molar-refractivity contribution in [2.45, 2.75) is 16.5 Å². The zero-order chi connectivity index (χ0) is 21.3. The number of benzene rings is 2. The van der Waals surface area contributed by atoms with E-state index in [0.717, 1.165) is 16.9 Å². The summed E-state index contributed by atoms with van der Waals surface area (Å²) < 4.78 is 3.30. The SMILES string of the molecule is COc1ccc(CNC(=S)NC(NC(=O)C=Cc2ccccc2)C(Cl)(Cl)Cl)cc1. The Morgan fingerprint density at radius 1 is 1.10 bits per heavy atom. The van der Waals surface area contributed by atoms with E-state index in [-0.39, 0.29) is 5.11 Å². The molecule has 9 heteroatoms. The van der Waals surface area contributed by atoms with Crippen LogP contribution in [0.1, 0.15) is 11.1 Å². The molecule has 0 spiro atoms. The Balaban J connectivity index is 1.90. The van der Waals surface area contributed by atoms with Crippen LogP contribution in [0, 0.1) is 0 Å². The largest absolute Gasteiger partial charge is 0.497 e. The van der Waals surface area contributed by atoms with E-state index in [1.807, 2.05) is 54.6 Å². The molecule has 5 nitrogen and oxygen atoms in total. The van der Waals surface area contributed by atoms with E-state index in [1.165, 1.54) is 6.08 Å². The van der Waals surface area contributed by atoms with Gasteiger partial charge >= 0.3 is 0 Å². The van der Waals surface area contributed by atoms with E-state index in [0.29, 0.717) is 6.54 Å². The zero-order valence-electron chi connectivity index (χ0n) is 15.5. The molecule has 0 saturated carbocycles. The zero-order valence-corrected chi connectivity index (χ0v) is 18.6. The Labute approximate surface area is 190 Å². The van der Waals surface area contributed by atoms with Crippen LogP contribution in [0.5, 0.6) is 5.75 Å². The molecule has 1 amide bonds. The van der Waals surface area contributed by atoms with Gasteiger partial charge in [-0.3, -0.25) is 4.79 Å². The minimum atomic E-state index is -1.82. The molecular weight excluding hydrogens is 453 g/mol. The van der Waals surface area contributed by atoms with Crippen LogP contribution in [0.25, 0.3) is 6.08 Å². The molecule has 0 fully saturated rings. The smallest absolute Gasteiger partial charge is 0.245 e. The van der Waals surface area contributed by atoms with Gasteiger partial charge in [-0.25, -0.2) is 0 Å². The Bertz CT molecular complexity index is 840. The van der Waals surface area contributed by atoms with E-state index in [2.05, 4.69) is 16.0 Å². The van der Waals surface area contributed by atoms with Crippen LogP contribution in [-0.4, -0.2) is 28.1 Å². The Kier molecular flexibility index (Phi) is 9.04. The quantitative estimate of drug-likeness (QED) is 0.244. The number of carbonyl (C=O) groups is 1. The van der Waals surface area contributed by atoms with Crippen molar-refractivity contribution < 1.29 is 9.53 Å². The predicted octanol–water partition coefficient (Wildman–Crippen LogP) is 4.19. The predicted molar refractivity (Wildman–Crippen MR) is 123 cm³/mol. The molecule has 0 aliphatic rings. The summed E-state index contributed by atoms with van der Waals surface area (Å²) in [4.78, 5) is 12.2. The molecule has 2 aromatic rings. The Morgan fingerprint density at radius 2 is 1.76 bits per heavy atom. The van der Waals surface area contributed by atoms with Crippen molar-refractivity contribution in [2.75, 3.05) is 7.11 Å². The first kappa shape index (κ1) is 23.3. The summed E-state index contributed by atoms with van der Waals surface area (Å²) in [5.41, 5.74) is 1.85. The molecule has 29 heavy (non-hydrogen) atoms. The fourth-order valence-corrected chi connectivity index (χ4v) is 2.75. The standard InChI is InChI=1S/C20H20Cl3N3O2S/c1-28-16-10-7-15(8-11-16)13-24-19(29)26-18(20(21,22)23)25-17(27)12-9-14-5-3-2-4-6-14/h2-12,18H,13H2,1H3,(H,25,27)(H2,24,26,29). The number of rotatable bonds is 7. The summed E-state index contributed by atoms with van der Waals surface area (Å²) >= 11 is 23.2. The minimum Gasteiger partial charge on any atom is -0.497 e. The molecule has 0 aromatic heterocycles. The summed E-state index contributed by atoms with van der Waals surface area (Å²) in [6.07, 6.45) is 1.98. The van der Waals surface area contributed by atoms with Crippen molar-refractivity contribution in [3.63, 3.8) is 0 Å². The third-order valence-corrected chi connectivity index (χ3v) is 4.65. The van der Waals surface area contributed by atoms with Crippen molar-refractivity contribution in [1.82, 2.24) is 16.0 Å². The van der Waals surface area contributed by atoms with E-state index >= 15 is 0 Å². The van der Waals surface area contributed by atoms with E-state index in [9.17, 15) is 4.79 Å². The molecular formula is C20H20Cl3N3O2S. The number of thiocarbonyl (C=S) groups is 1. The molecule has 0 bridgehead atoms. The number of hydrogen-bond acceptors (Lipinski definition) is 3. The molecule has 1 atom stereocenters. The maximum absolute atomic E-state index is 12.2. The monoisotopic (exact) mass is 471 g/mol. The lowest BCUT2D eigenvalue weighted by atomic mass is 10.2. The van der Waals surface area contributed by atoms with Gasteiger partial charge in [-0.2, -0.15) is 0 Å². The van der Waals surface area contributed by atoms with Crippen LogP contribution in [0.3, 0.4) is 0 Å². The Hall–Kier alpha value is -1.99. The fourth-order valence-electron chi connectivity index (χ4n) is 2.23. The molecule has 154 valence electrons. The number of nitrogens with one attached hydrogen (secondary N) is 3. The first-order valence-electron chi connectivity index (χ1n) is 8.55. The van der Waals surface area contributed by atoms with Crippen LogP contribution < -0.4 is 20.7 Å². The molecule has 0 saturated heterocycles. The van der Waals surface area contributed by atoms with Crippen molar-refractivity contribution in [1.29, 1.82) is 0 Å². The average Bonchev–Trinajstić information content (AvgIpc) is 2.70. The number of hydrogen-bond donors (Lipinski definition) is 3. The van der Waals surface area contributed by atoms with Gasteiger partial charge in [0.05, 0.1) is 7.11 Å². The van der Waals surface area contributed by atoms with Gasteiger partial charge in [0.25, 0.3) is 0 Å². The van der Waals surface area contributed by atoms with Gasteiger partial charge in [0.2, 0.25) is 9.70 Å². The van der Waals surface area contributed by atoms with Gasteiger partial charge in [-0.05, 0) is 41.6 Å². The van der Waals surface area contributed by atoms with Crippen LogP contribution in [-0.2, 0) is 11.3 Å². The van der Waals surface area contributed by atoms with Gasteiger partial charge in [-0.15, -0.1) is 0 Å². The lowest BCUT2D eigenvalue weighted by molar-refractivity contribution is -0.117. The summed E-state index contributed by atoms with van der Waals surface area (Å²) in [6, 6.07) is 16.9. The highest BCUT2D eigenvalue weighted by atomic mass is 35.6. The van der Waals surface area contributed by atoms with Gasteiger partial charge in [0.15, 0.2) is 5.11 Å². The van der Waals surface area contributed by atoms with E-state index < -0.39 is 15.9 Å². The lowest BCUT2D eigenvalue weighted by Crippen LogP contribution is -2.57. The summed E-state index contributed by atoms with van der Waals surface area (Å²) in [5.74, 6) is 0.327. The number of halogens is 3. The highest BCUT2D eigenvalue weighted by Crippen LogP contribution is 2.29. The third-order valence-electron chi connectivity index (χ3n) is 3.73. The molecule has 2 aromatic carbocycles. The number of alkyl halides is 3. The van der Waals surface area contributed by atoms with Crippen molar-refractivity contribution in [3.8, 4) is 5.75 Å². The fraction of sp³-hybridized carbons (Fsp3) is 0.200. The van der Waals surface area contributed by atoms with Crippen molar-refractivity contribution in [3.05, 3.63) is 71.8 Å². The maximum atomic E-state index is 12.2. The minimum absolute atomic E-state index is 0.226. The highest BCUT2D eigenvalue weighted by molar-refractivity contribution is 7.80. The molecule has 1 unspecified atom stereocenters. The Morgan fingerprint density at radius 3 is 2.34 bits per heavy atom. The van der Waals surface area contributed by atoms with Gasteiger partial charge in [-0.1, -0.05) is 77.3 Å². The van der Waals surface area contributed by atoms with Crippen LogP contribution in [0.2, 0.25) is 0 Å².